The standard InChI is InChI=1S/C29H32F4N4O2/c1-3-5-11-25(34-13-4-2)28(20-21-9-7-6-8-10-21,22-17-23(29(31,32)33)19-24(30)18-22)36-27(39)37-15-12-26(38)35-14-16-37/h4-11,13,17-19H,3,12,14-16,20H2,1-2H3,(H,35,38)(H,36,39)/b11-5-,13-4-,34-25+/t28-/m0/s1. The van der Waals surface area contributed by atoms with Gasteiger partial charge in [-0.05, 0) is 48.7 Å². The zero-order valence-electron chi connectivity index (χ0n) is 21.9. The Bertz CT molecular complexity index is 1240. The summed E-state index contributed by atoms with van der Waals surface area (Å²) in [5.41, 5.74) is -2.09. The number of rotatable bonds is 8. The van der Waals surface area contributed by atoms with Crippen molar-refractivity contribution in [2.24, 2.45) is 4.99 Å². The lowest BCUT2D eigenvalue weighted by Gasteiger charge is -2.38. The number of carbonyl (C=O) groups excluding carboxylic acids is 2. The van der Waals surface area contributed by atoms with Crippen LogP contribution in [0.2, 0.25) is 0 Å². The van der Waals surface area contributed by atoms with Crippen LogP contribution in [0.4, 0.5) is 22.4 Å². The molecular weight excluding hydrogens is 512 g/mol. The Hall–Kier alpha value is -3.95. The average molecular weight is 545 g/mol. The molecule has 0 aromatic heterocycles. The van der Waals surface area contributed by atoms with Crippen LogP contribution in [0.15, 0.2) is 78.0 Å². The molecule has 1 heterocycles. The second kappa shape index (κ2) is 13.2. The third-order valence-electron chi connectivity index (χ3n) is 6.26. The molecule has 1 atom stereocenters. The first-order valence-electron chi connectivity index (χ1n) is 12.7. The normalized spacial score (nSPS) is 16.7. The third-order valence-corrected chi connectivity index (χ3v) is 6.26. The zero-order valence-corrected chi connectivity index (χ0v) is 21.9. The molecule has 1 aliphatic heterocycles. The minimum Gasteiger partial charge on any atom is -0.354 e. The molecule has 0 aliphatic carbocycles. The van der Waals surface area contributed by atoms with E-state index in [0.29, 0.717) is 18.1 Å². The molecule has 2 N–H and O–H groups in total. The summed E-state index contributed by atoms with van der Waals surface area (Å²) in [5.74, 6) is -1.30. The number of hydrogen-bond acceptors (Lipinski definition) is 3. The average Bonchev–Trinajstić information content (AvgIpc) is 3.12. The van der Waals surface area contributed by atoms with Crippen molar-refractivity contribution in [1.82, 2.24) is 15.5 Å². The fraction of sp³-hybridized carbons (Fsp3) is 0.345. The number of allylic oxidation sites excluding steroid dienone is 2. The van der Waals surface area contributed by atoms with E-state index in [1.807, 2.05) is 6.92 Å². The van der Waals surface area contributed by atoms with E-state index < -0.39 is 29.1 Å². The number of alkyl halides is 3. The van der Waals surface area contributed by atoms with Gasteiger partial charge in [-0.1, -0.05) is 49.4 Å². The van der Waals surface area contributed by atoms with Crippen molar-refractivity contribution < 1.29 is 27.2 Å². The molecule has 10 heteroatoms. The van der Waals surface area contributed by atoms with Gasteiger partial charge in [0.15, 0.2) is 0 Å². The maximum Gasteiger partial charge on any atom is 0.416 e. The van der Waals surface area contributed by atoms with E-state index in [1.54, 1.807) is 55.5 Å². The molecular formula is C29H32F4N4O2. The number of urea groups is 1. The van der Waals surface area contributed by atoms with Crippen molar-refractivity contribution in [3.63, 3.8) is 0 Å². The third kappa shape index (κ3) is 7.78. The number of carbonyl (C=O) groups is 2. The Morgan fingerprint density at radius 3 is 2.51 bits per heavy atom. The van der Waals surface area contributed by atoms with Gasteiger partial charge in [-0.2, -0.15) is 13.2 Å². The van der Waals surface area contributed by atoms with E-state index in [4.69, 9.17) is 0 Å². The van der Waals surface area contributed by atoms with Crippen LogP contribution in [0, 0.1) is 5.82 Å². The molecule has 0 radical (unpaired) electrons. The van der Waals surface area contributed by atoms with Gasteiger partial charge in [0.25, 0.3) is 0 Å². The maximum absolute atomic E-state index is 14.8. The molecule has 1 fully saturated rings. The Morgan fingerprint density at radius 1 is 1.13 bits per heavy atom. The zero-order chi connectivity index (χ0) is 28.5. The highest BCUT2D eigenvalue weighted by Gasteiger charge is 2.42. The summed E-state index contributed by atoms with van der Waals surface area (Å²) in [6.07, 6.45) is 2.34. The molecule has 0 saturated carbocycles. The van der Waals surface area contributed by atoms with Crippen molar-refractivity contribution >= 4 is 17.6 Å². The lowest BCUT2D eigenvalue weighted by molar-refractivity contribution is -0.137. The van der Waals surface area contributed by atoms with Gasteiger partial charge >= 0.3 is 12.2 Å². The van der Waals surface area contributed by atoms with E-state index in [2.05, 4.69) is 15.6 Å². The molecule has 2 aromatic rings. The molecule has 1 saturated heterocycles. The smallest absolute Gasteiger partial charge is 0.354 e. The van der Waals surface area contributed by atoms with E-state index in [9.17, 15) is 27.2 Å². The van der Waals surface area contributed by atoms with Crippen molar-refractivity contribution in [1.29, 1.82) is 0 Å². The monoisotopic (exact) mass is 544 g/mol. The topological polar surface area (TPSA) is 73.8 Å². The fourth-order valence-electron chi connectivity index (χ4n) is 4.33. The first-order chi connectivity index (χ1) is 18.6. The van der Waals surface area contributed by atoms with Gasteiger partial charge in [0.05, 0.1) is 11.3 Å². The predicted molar refractivity (Wildman–Crippen MR) is 143 cm³/mol. The highest BCUT2D eigenvalue weighted by molar-refractivity contribution is 6.05. The lowest BCUT2D eigenvalue weighted by Crippen LogP contribution is -2.57. The number of halogens is 4. The number of nitrogens with zero attached hydrogens (tertiary/aromatic N) is 2. The van der Waals surface area contributed by atoms with Gasteiger partial charge in [-0.15, -0.1) is 0 Å². The molecule has 3 amide bonds. The molecule has 0 spiro atoms. The van der Waals surface area contributed by atoms with Crippen LogP contribution in [0.5, 0.6) is 0 Å². The number of nitrogens with one attached hydrogen (secondary N) is 2. The summed E-state index contributed by atoms with van der Waals surface area (Å²) < 4.78 is 56.4. The van der Waals surface area contributed by atoms with Crippen molar-refractivity contribution in [2.45, 2.75) is 44.8 Å². The summed E-state index contributed by atoms with van der Waals surface area (Å²) in [5, 5.41) is 5.62. The number of benzene rings is 2. The molecule has 208 valence electrons. The maximum atomic E-state index is 14.8. The highest BCUT2D eigenvalue weighted by atomic mass is 19.4. The van der Waals surface area contributed by atoms with Crippen molar-refractivity contribution in [3.05, 3.63) is 95.5 Å². The number of hydrogen-bond donors (Lipinski definition) is 2. The summed E-state index contributed by atoms with van der Waals surface area (Å²) in [6.45, 7) is 4.15. The Morgan fingerprint density at radius 2 is 1.85 bits per heavy atom. The molecule has 1 aliphatic rings. The van der Waals surface area contributed by atoms with Crippen LogP contribution < -0.4 is 10.6 Å². The van der Waals surface area contributed by atoms with Crippen LogP contribution in [-0.2, 0) is 22.9 Å². The molecule has 39 heavy (non-hydrogen) atoms. The minimum absolute atomic E-state index is 0.0181. The van der Waals surface area contributed by atoms with Gasteiger partial charge in [0.2, 0.25) is 5.91 Å². The van der Waals surface area contributed by atoms with E-state index >= 15 is 0 Å². The molecule has 0 bridgehead atoms. The van der Waals surface area contributed by atoms with Crippen LogP contribution in [0.3, 0.4) is 0 Å². The van der Waals surface area contributed by atoms with E-state index in [0.717, 1.165) is 12.1 Å². The van der Waals surface area contributed by atoms with Crippen LogP contribution in [-0.4, -0.2) is 42.2 Å². The van der Waals surface area contributed by atoms with Gasteiger partial charge in [0, 0.05) is 38.7 Å². The Kier molecular flexibility index (Phi) is 10.0. The van der Waals surface area contributed by atoms with Crippen molar-refractivity contribution in [2.75, 3.05) is 19.6 Å². The molecule has 6 nitrogen and oxygen atoms in total. The van der Waals surface area contributed by atoms with Gasteiger partial charge < -0.3 is 15.5 Å². The Labute approximate surface area is 225 Å². The summed E-state index contributed by atoms with van der Waals surface area (Å²) >= 11 is 0. The lowest BCUT2D eigenvalue weighted by atomic mass is 9.78. The van der Waals surface area contributed by atoms with E-state index in [-0.39, 0.29) is 49.7 Å². The van der Waals surface area contributed by atoms with Crippen LogP contribution in [0.1, 0.15) is 43.4 Å². The largest absolute Gasteiger partial charge is 0.416 e. The van der Waals surface area contributed by atoms with E-state index in [1.165, 1.54) is 11.1 Å². The molecule has 3 rings (SSSR count). The summed E-state index contributed by atoms with van der Waals surface area (Å²) in [7, 11) is 0. The first kappa shape index (κ1) is 29.6. The van der Waals surface area contributed by atoms with Gasteiger partial charge in [0.1, 0.15) is 11.4 Å². The first-order valence-corrected chi connectivity index (χ1v) is 12.7. The summed E-state index contributed by atoms with van der Waals surface area (Å²) in [4.78, 5) is 31.5. The molecule has 2 aromatic carbocycles. The predicted octanol–water partition coefficient (Wildman–Crippen LogP) is 5.75. The fourth-order valence-corrected chi connectivity index (χ4v) is 4.33. The summed E-state index contributed by atoms with van der Waals surface area (Å²) in [6, 6.07) is 10.5. The SMILES string of the molecule is C\C=C/N=C(\C=C/CC)[C@@](Cc1ccccc1)(NC(=O)N1CCNC(=O)CC1)c1cc(F)cc(C(F)(F)F)c1. The quantitative estimate of drug-likeness (QED) is 0.328. The second-order valence-electron chi connectivity index (χ2n) is 9.12. The van der Waals surface area contributed by atoms with Crippen LogP contribution in [0.25, 0.3) is 0 Å². The number of aliphatic imine (C=N–C) groups is 1. The highest BCUT2D eigenvalue weighted by Crippen LogP contribution is 2.36. The minimum atomic E-state index is -4.82. The van der Waals surface area contributed by atoms with Crippen LogP contribution >= 0.6 is 0 Å². The Balaban J connectivity index is 2.30. The van der Waals surface area contributed by atoms with Gasteiger partial charge in [-0.25, -0.2) is 9.18 Å². The second-order valence-corrected chi connectivity index (χ2v) is 9.12. The van der Waals surface area contributed by atoms with Crippen molar-refractivity contribution in [3.8, 4) is 0 Å². The number of amides is 3. The molecule has 0 unspecified atom stereocenters. The van der Waals surface area contributed by atoms with Gasteiger partial charge in [-0.3, -0.25) is 9.79 Å².